The lowest BCUT2D eigenvalue weighted by molar-refractivity contribution is -0.138. The molecule has 6 heteroatoms. The fourth-order valence-electron chi connectivity index (χ4n) is 1.15. The molecule has 4 N–H and O–H groups in total. The van der Waals surface area contributed by atoms with Gasteiger partial charge in [-0.05, 0) is 24.3 Å². The first kappa shape index (κ1) is 15.2. The van der Waals surface area contributed by atoms with Crippen molar-refractivity contribution in [3.05, 3.63) is 0 Å². The highest BCUT2D eigenvalue weighted by molar-refractivity contribution is 7.98. The highest BCUT2D eigenvalue weighted by Crippen LogP contribution is 2.01. The lowest BCUT2D eigenvalue weighted by Gasteiger charge is -2.14. The van der Waals surface area contributed by atoms with Crippen LogP contribution in [0, 0.1) is 5.92 Å². The van der Waals surface area contributed by atoms with Crippen LogP contribution in [0.15, 0.2) is 0 Å². The molecule has 0 saturated carbocycles. The van der Waals surface area contributed by atoms with Gasteiger partial charge in [-0.15, -0.1) is 0 Å². The first-order valence-electron chi connectivity index (χ1n) is 5.21. The molecule has 0 spiro atoms. The van der Waals surface area contributed by atoms with Crippen molar-refractivity contribution in [1.82, 2.24) is 5.32 Å². The largest absolute Gasteiger partial charge is 0.481 e. The Hall–Kier alpha value is -0.750. The Kier molecular flexibility index (Phi) is 8.01. The topological polar surface area (TPSA) is 92.4 Å². The minimum absolute atomic E-state index is 0.0559. The SMILES string of the molecule is CSCC[C@H](N)C(=O)NCC(C)CC(=O)O. The lowest BCUT2D eigenvalue weighted by atomic mass is 10.1. The van der Waals surface area contributed by atoms with E-state index >= 15 is 0 Å². The second kappa shape index (κ2) is 8.41. The smallest absolute Gasteiger partial charge is 0.303 e. The fourth-order valence-corrected chi connectivity index (χ4v) is 1.64. The van der Waals surface area contributed by atoms with Gasteiger partial charge >= 0.3 is 5.97 Å². The number of nitrogens with one attached hydrogen (secondary N) is 1. The van der Waals surface area contributed by atoms with E-state index in [1.165, 1.54) is 0 Å². The number of rotatable bonds is 8. The lowest BCUT2D eigenvalue weighted by Crippen LogP contribution is -2.42. The average Bonchev–Trinajstić information content (AvgIpc) is 2.21. The maximum absolute atomic E-state index is 11.4. The number of aliphatic carboxylic acids is 1. The predicted molar refractivity (Wildman–Crippen MR) is 65.4 cm³/mol. The normalized spacial score (nSPS) is 14.2. The standard InChI is InChI=1S/C10H20N2O3S/c1-7(5-9(13)14)6-12-10(15)8(11)3-4-16-2/h7-8H,3-6,11H2,1-2H3,(H,12,15)(H,13,14)/t7?,8-/m0/s1. The summed E-state index contributed by atoms with van der Waals surface area (Å²) in [4.78, 5) is 21.8. The number of amides is 1. The van der Waals surface area contributed by atoms with E-state index < -0.39 is 12.0 Å². The van der Waals surface area contributed by atoms with Crippen LogP contribution < -0.4 is 11.1 Å². The molecular weight excluding hydrogens is 228 g/mol. The molecule has 0 bridgehead atoms. The Bertz CT molecular complexity index is 236. The average molecular weight is 248 g/mol. The quantitative estimate of drug-likeness (QED) is 0.574. The summed E-state index contributed by atoms with van der Waals surface area (Å²) in [7, 11) is 0. The van der Waals surface area contributed by atoms with Crippen molar-refractivity contribution in [1.29, 1.82) is 0 Å². The summed E-state index contributed by atoms with van der Waals surface area (Å²) in [5.74, 6) is -0.284. The fraction of sp³-hybridized carbons (Fsp3) is 0.800. The Morgan fingerprint density at radius 3 is 2.62 bits per heavy atom. The minimum atomic E-state index is -0.853. The van der Waals surface area contributed by atoms with E-state index in [1.54, 1.807) is 18.7 Å². The summed E-state index contributed by atoms with van der Waals surface area (Å²) >= 11 is 1.64. The zero-order chi connectivity index (χ0) is 12.6. The van der Waals surface area contributed by atoms with Crippen LogP contribution in [0.2, 0.25) is 0 Å². The van der Waals surface area contributed by atoms with E-state index in [1.807, 2.05) is 6.26 Å². The maximum Gasteiger partial charge on any atom is 0.303 e. The van der Waals surface area contributed by atoms with Gasteiger partial charge in [0.1, 0.15) is 0 Å². The molecule has 0 aliphatic heterocycles. The third-order valence-electron chi connectivity index (χ3n) is 2.12. The molecule has 0 fully saturated rings. The number of hydrogen-bond donors (Lipinski definition) is 3. The number of carboxylic acid groups (broad SMARTS) is 1. The van der Waals surface area contributed by atoms with Crippen molar-refractivity contribution >= 4 is 23.6 Å². The van der Waals surface area contributed by atoms with Gasteiger partial charge in [-0.25, -0.2) is 0 Å². The zero-order valence-corrected chi connectivity index (χ0v) is 10.5. The highest BCUT2D eigenvalue weighted by atomic mass is 32.2. The Labute approximate surface area is 100 Å². The van der Waals surface area contributed by atoms with Crippen LogP contribution in [0.3, 0.4) is 0 Å². The molecule has 0 radical (unpaired) electrons. The molecule has 0 rings (SSSR count). The van der Waals surface area contributed by atoms with E-state index in [9.17, 15) is 9.59 Å². The molecule has 2 atom stereocenters. The van der Waals surface area contributed by atoms with E-state index in [0.717, 1.165) is 5.75 Å². The molecule has 0 aromatic carbocycles. The van der Waals surface area contributed by atoms with Gasteiger partial charge in [-0.1, -0.05) is 6.92 Å². The number of carbonyl (C=O) groups is 2. The molecule has 0 heterocycles. The molecule has 0 aromatic rings. The van der Waals surface area contributed by atoms with Crippen molar-refractivity contribution < 1.29 is 14.7 Å². The minimum Gasteiger partial charge on any atom is -0.481 e. The number of carbonyl (C=O) groups excluding carboxylic acids is 1. The zero-order valence-electron chi connectivity index (χ0n) is 9.73. The predicted octanol–water partition coefficient (Wildman–Crippen LogP) is 0.294. The molecule has 1 amide bonds. The summed E-state index contributed by atoms with van der Waals surface area (Å²) < 4.78 is 0. The van der Waals surface area contributed by atoms with E-state index in [4.69, 9.17) is 10.8 Å². The van der Waals surface area contributed by atoms with Crippen LogP contribution in [-0.2, 0) is 9.59 Å². The number of nitrogens with two attached hydrogens (primary N) is 1. The second-order valence-corrected chi connectivity index (χ2v) is 4.82. The number of carboxylic acids is 1. The monoisotopic (exact) mass is 248 g/mol. The molecule has 1 unspecified atom stereocenters. The van der Waals surface area contributed by atoms with Gasteiger partial charge in [0.2, 0.25) is 5.91 Å². The molecule has 5 nitrogen and oxygen atoms in total. The summed E-state index contributed by atoms with van der Waals surface area (Å²) in [6, 6.07) is -0.496. The molecule has 16 heavy (non-hydrogen) atoms. The highest BCUT2D eigenvalue weighted by Gasteiger charge is 2.14. The summed E-state index contributed by atoms with van der Waals surface area (Å²) in [6.07, 6.45) is 2.65. The number of thioether (sulfide) groups is 1. The molecule has 0 aliphatic rings. The molecule has 0 aliphatic carbocycles. The van der Waals surface area contributed by atoms with Gasteiger partial charge < -0.3 is 16.2 Å². The van der Waals surface area contributed by atoms with Crippen molar-refractivity contribution in [2.45, 2.75) is 25.8 Å². The summed E-state index contributed by atoms with van der Waals surface area (Å²) in [5, 5.41) is 11.2. The van der Waals surface area contributed by atoms with Gasteiger partial charge in [0.15, 0.2) is 0 Å². The van der Waals surface area contributed by atoms with Crippen molar-refractivity contribution in [2.24, 2.45) is 11.7 Å². The number of hydrogen-bond acceptors (Lipinski definition) is 4. The third kappa shape index (κ3) is 7.53. The van der Waals surface area contributed by atoms with Crippen LogP contribution >= 0.6 is 11.8 Å². The van der Waals surface area contributed by atoms with Crippen molar-refractivity contribution in [2.75, 3.05) is 18.6 Å². The van der Waals surface area contributed by atoms with Gasteiger partial charge in [-0.3, -0.25) is 9.59 Å². The van der Waals surface area contributed by atoms with Crippen LogP contribution in [-0.4, -0.2) is 41.6 Å². The summed E-state index contributed by atoms with van der Waals surface area (Å²) in [5.41, 5.74) is 5.65. The Balaban J connectivity index is 3.74. The third-order valence-corrected chi connectivity index (χ3v) is 2.76. The van der Waals surface area contributed by atoms with Crippen molar-refractivity contribution in [3.8, 4) is 0 Å². The van der Waals surface area contributed by atoms with Crippen molar-refractivity contribution in [3.63, 3.8) is 0 Å². The molecular formula is C10H20N2O3S. The van der Waals surface area contributed by atoms with E-state index in [2.05, 4.69) is 5.32 Å². The summed E-state index contributed by atoms with van der Waals surface area (Å²) in [6.45, 7) is 2.14. The van der Waals surface area contributed by atoms with E-state index in [0.29, 0.717) is 13.0 Å². The molecule has 0 saturated heterocycles. The van der Waals surface area contributed by atoms with Crippen LogP contribution in [0.5, 0.6) is 0 Å². The second-order valence-electron chi connectivity index (χ2n) is 3.84. The maximum atomic E-state index is 11.4. The van der Waals surface area contributed by atoms with Crippen LogP contribution in [0.25, 0.3) is 0 Å². The Morgan fingerprint density at radius 1 is 1.50 bits per heavy atom. The van der Waals surface area contributed by atoms with Gasteiger partial charge in [0, 0.05) is 13.0 Å². The first-order valence-corrected chi connectivity index (χ1v) is 6.60. The van der Waals surface area contributed by atoms with Crippen LogP contribution in [0.1, 0.15) is 19.8 Å². The molecule has 94 valence electrons. The Morgan fingerprint density at radius 2 is 2.12 bits per heavy atom. The molecule has 0 aromatic heterocycles. The van der Waals surface area contributed by atoms with Crippen LogP contribution in [0.4, 0.5) is 0 Å². The van der Waals surface area contributed by atoms with E-state index in [-0.39, 0.29) is 18.2 Å². The first-order chi connectivity index (χ1) is 7.47. The van der Waals surface area contributed by atoms with Gasteiger partial charge in [0.25, 0.3) is 0 Å². The van der Waals surface area contributed by atoms with Gasteiger partial charge in [0.05, 0.1) is 6.04 Å². The van der Waals surface area contributed by atoms with Gasteiger partial charge in [-0.2, -0.15) is 11.8 Å².